The number of rotatable bonds is 2. The van der Waals surface area contributed by atoms with Crippen molar-refractivity contribution in [2.45, 2.75) is 26.2 Å². The highest BCUT2D eigenvalue weighted by Crippen LogP contribution is 2.33. The second-order valence-electron chi connectivity index (χ2n) is 5.30. The van der Waals surface area contributed by atoms with Crippen LogP contribution in [0.2, 0.25) is 0 Å². The van der Waals surface area contributed by atoms with E-state index in [4.69, 9.17) is 0 Å². The monoisotopic (exact) mass is 253 g/mol. The second kappa shape index (κ2) is 4.69. The summed E-state index contributed by atoms with van der Waals surface area (Å²) in [5, 5.41) is 2.49. The van der Waals surface area contributed by atoms with Crippen LogP contribution in [0.5, 0.6) is 0 Å². The molecule has 2 heteroatoms. The molecule has 2 nitrogen and oxygen atoms in total. The minimum absolute atomic E-state index is 0.219. The third-order valence-electron chi connectivity index (χ3n) is 4.08. The van der Waals surface area contributed by atoms with E-state index in [1.54, 1.807) is 0 Å². The van der Waals surface area contributed by atoms with Crippen LogP contribution in [0.4, 0.5) is 5.69 Å². The minimum atomic E-state index is 0.219. The molecule has 0 aromatic heterocycles. The van der Waals surface area contributed by atoms with Crippen LogP contribution in [0.15, 0.2) is 30.3 Å². The Morgan fingerprint density at radius 2 is 2.11 bits per heavy atom. The fourth-order valence-electron chi connectivity index (χ4n) is 2.99. The summed E-state index contributed by atoms with van der Waals surface area (Å²) < 4.78 is 0. The molecule has 1 aliphatic rings. The summed E-state index contributed by atoms with van der Waals surface area (Å²) in [6.45, 7) is 3.04. The summed E-state index contributed by atoms with van der Waals surface area (Å²) in [4.78, 5) is 14.1. The first kappa shape index (κ1) is 12.2. The normalized spacial score (nSPS) is 14.5. The van der Waals surface area contributed by atoms with Crippen LogP contribution in [-0.4, -0.2) is 19.4 Å². The number of fused-ring (bicyclic) bond motifs is 3. The van der Waals surface area contributed by atoms with Gasteiger partial charge in [-0.15, -0.1) is 0 Å². The van der Waals surface area contributed by atoms with Crippen molar-refractivity contribution in [3.8, 4) is 0 Å². The number of hydrogen-bond donors (Lipinski definition) is 0. The van der Waals surface area contributed by atoms with Crippen molar-refractivity contribution in [2.24, 2.45) is 0 Å². The van der Waals surface area contributed by atoms with Crippen molar-refractivity contribution in [1.29, 1.82) is 0 Å². The maximum absolute atomic E-state index is 11.8. The molecule has 1 aliphatic heterocycles. The fourth-order valence-corrected chi connectivity index (χ4v) is 2.99. The maximum atomic E-state index is 11.8. The predicted octanol–water partition coefficient (Wildman–Crippen LogP) is 3.81. The number of ketones is 1. The SMILES string of the molecule is CCC(=O)c1ccc2c3c(ccc2c1)N(C)CCC3. The lowest BCUT2D eigenvalue weighted by Crippen LogP contribution is -2.24. The summed E-state index contributed by atoms with van der Waals surface area (Å²) in [5.41, 5.74) is 3.61. The van der Waals surface area contributed by atoms with E-state index in [0.717, 1.165) is 18.5 Å². The Bertz CT molecular complexity index is 645. The predicted molar refractivity (Wildman–Crippen MR) is 80.2 cm³/mol. The van der Waals surface area contributed by atoms with Gasteiger partial charge in [0.1, 0.15) is 0 Å². The number of anilines is 1. The summed E-state index contributed by atoms with van der Waals surface area (Å²) in [5.74, 6) is 0.219. The summed E-state index contributed by atoms with van der Waals surface area (Å²) in [7, 11) is 2.15. The van der Waals surface area contributed by atoms with Crippen LogP contribution < -0.4 is 4.90 Å². The lowest BCUT2D eigenvalue weighted by atomic mass is 9.93. The Labute approximate surface area is 114 Å². The van der Waals surface area contributed by atoms with E-state index in [2.05, 4.69) is 30.1 Å². The number of aryl methyl sites for hydroxylation is 1. The molecule has 2 aromatic carbocycles. The van der Waals surface area contributed by atoms with Crippen molar-refractivity contribution in [1.82, 2.24) is 0 Å². The molecule has 0 atom stereocenters. The molecule has 3 rings (SSSR count). The number of nitrogens with zero attached hydrogens (tertiary/aromatic N) is 1. The molecule has 0 bridgehead atoms. The van der Waals surface area contributed by atoms with Gasteiger partial charge in [-0.1, -0.05) is 25.1 Å². The van der Waals surface area contributed by atoms with E-state index in [1.807, 2.05) is 19.1 Å². The quantitative estimate of drug-likeness (QED) is 0.758. The summed E-state index contributed by atoms with van der Waals surface area (Å²) >= 11 is 0. The van der Waals surface area contributed by atoms with Gasteiger partial charge in [0.25, 0.3) is 0 Å². The highest BCUT2D eigenvalue weighted by molar-refractivity contribution is 6.01. The molecule has 0 fully saturated rings. The lowest BCUT2D eigenvalue weighted by Gasteiger charge is -2.28. The van der Waals surface area contributed by atoms with E-state index in [9.17, 15) is 4.79 Å². The molecule has 0 amide bonds. The van der Waals surface area contributed by atoms with Crippen molar-refractivity contribution in [2.75, 3.05) is 18.5 Å². The fraction of sp³-hybridized carbons (Fsp3) is 0.353. The van der Waals surface area contributed by atoms with E-state index in [0.29, 0.717) is 6.42 Å². The number of benzene rings is 2. The molecule has 0 N–H and O–H groups in total. The van der Waals surface area contributed by atoms with Crippen LogP contribution >= 0.6 is 0 Å². The first-order chi connectivity index (χ1) is 9.20. The molecule has 98 valence electrons. The first-order valence-corrected chi connectivity index (χ1v) is 7.00. The minimum Gasteiger partial charge on any atom is -0.374 e. The zero-order valence-electron chi connectivity index (χ0n) is 11.6. The first-order valence-electron chi connectivity index (χ1n) is 7.00. The van der Waals surface area contributed by atoms with Crippen molar-refractivity contribution in [3.05, 3.63) is 41.5 Å². The molecule has 0 saturated carbocycles. The van der Waals surface area contributed by atoms with E-state index < -0.39 is 0 Å². The Hall–Kier alpha value is -1.83. The smallest absolute Gasteiger partial charge is 0.162 e. The number of Topliss-reactive ketones (excluding diaryl/α,β-unsaturated/α-hetero) is 1. The molecule has 0 unspecified atom stereocenters. The van der Waals surface area contributed by atoms with Gasteiger partial charge in [0.05, 0.1) is 0 Å². The summed E-state index contributed by atoms with van der Waals surface area (Å²) in [6.07, 6.45) is 2.91. The van der Waals surface area contributed by atoms with Crippen LogP contribution in [0, 0.1) is 0 Å². The number of carbonyl (C=O) groups excluding carboxylic acids is 1. The highest BCUT2D eigenvalue weighted by atomic mass is 16.1. The molecule has 0 aliphatic carbocycles. The van der Waals surface area contributed by atoms with Crippen molar-refractivity contribution >= 4 is 22.2 Å². The largest absolute Gasteiger partial charge is 0.374 e. The van der Waals surface area contributed by atoms with Gasteiger partial charge in [0.2, 0.25) is 0 Å². The van der Waals surface area contributed by atoms with Gasteiger partial charge in [-0.3, -0.25) is 4.79 Å². The van der Waals surface area contributed by atoms with Gasteiger partial charge < -0.3 is 4.90 Å². The topological polar surface area (TPSA) is 20.3 Å². The third kappa shape index (κ3) is 2.01. The van der Waals surface area contributed by atoms with E-state index >= 15 is 0 Å². The Morgan fingerprint density at radius 3 is 2.89 bits per heavy atom. The average molecular weight is 253 g/mol. The Balaban J connectivity index is 2.17. The van der Waals surface area contributed by atoms with Gasteiger partial charge in [0, 0.05) is 31.3 Å². The maximum Gasteiger partial charge on any atom is 0.162 e. The average Bonchev–Trinajstić information content (AvgIpc) is 2.46. The van der Waals surface area contributed by atoms with Crippen molar-refractivity contribution < 1.29 is 4.79 Å². The lowest BCUT2D eigenvalue weighted by molar-refractivity contribution is 0.0988. The van der Waals surface area contributed by atoms with Gasteiger partial charge in [-0.2, -0.15) is 0 Å². The van der Waals surface area contributed by atoms with Crippen molar-refractivity contribution in [3.63, 3.8) is 0 Å². The van der Waals surface area contributed by atoms with Crippen LogP contribution in [0.3, 0.4) is 0 Å². The third-order valence-corrected chi connectivity index (χ3v) is 4.08. The molecule has 1 heterocycles. The van der Waals surface area contributed by atoms with E-state index in [-0.39, 0.29) is 5.78 Å². The molecule has 19 heavy (non-hydrogen) atoms. The van der Waals surface area contributed by atoms with Gasteiger partial charge in [-0.25, -0.2) is 0 Å². The molecular weight excluding hydrogens is 234 g/mol. The summed E-state index contributed by atoms with van der Waals surface area (Å²) in [6, 6.07) is 10.5. The van der Waals surface area contributed by atoms with Crippen LogP contribution in [0.25, 0.3) is 10.8 Å². The highest BCUT2D eigenvalue weighted by Gasteiger charge is 2.16. The van der Waals surface area contributed by atoms with Crippen LogP contribution in [0.1, 0.15) is 35.7 Å². The zero-order chi connectivity index (χ0) is 13.4. The Morgan fingerprint density at radius 1 is 1.26 bits per heavy atom. The van der Waals surface area contributed by atoms with Crippen LogP contribution in [-0.2, 0) is 6.42 Å². The van der Waals surface area contributed by atoms with E-state index in [1.165, 1.54) is 28.4 Å². The molecular formula is C17H19NO. The molecule has 0 radical (unpaired) electrons. The van der Waals surface area contributed by atoms with Gasteiger partial charge >= 0.3 is 0 Å². The molecule has 2 aromatic rings. The van der Waals surface area contributed by atoms with Gasteiger partial charge in [-0.05, 0) is 41.3 Å². The van der Waals surface area contributed by atoms with Gasteiger partial charge in [0.15, 0.2) is 5.78 Å². The number of carbonyl (C=O) groups is 1. The standard InChI is InChI=1S/C17H19NO/c1-3-17(19)13-6-8-14-12(11-13)7-9-16-15(14)5-4-10-18(16)2/h6-9,11H,3-5,10H2,1-2H3. The Kier molecular flexibility index (Phi) is 3.02. The zero-order valence-corrected chi connectivity index (χ0v) is 11.6. The molecule has 0 spiro atoms. The second-order valence-corrected chi connectivity index (χ2v) is 5.30. The molecule has 0 saturated heterocycles. The number of hydrogen-bond acceptors (Lipinski definition) is 2.